The van der Waals surface area contributed by atoms with Crippen molar-refractivity contribution in [1.29, 1.82) is 0 Å². The van der Waals surface area contributed by atoms with Gasteiger partial charge in [0.05, 0.1) is 27.4 Å². The van der Waals surface area contributed by atoms with Crippen LogP contribution in [0.4, 0.5) is 5.69 Å². The third-order valence-electron chi connectivity index (χ3n) is 3.09. The number of nitrogens with one attached hydrogen (secondary N) is 1. The van der Waals surface area contributed by atoms with Crippen LogP contribution in [0.5, 0.6) is 11.5 Å². The van der Waals surface area contributed by atoms with Gasteiger partial charge in [-0.3, -0.25) is 4.79 Å². The zero-order chi connectivity index (χ0) is 17.7. The second kappa shape index (κ2) is 8.47. The minimum absolute atomic E-state index is 0.277. The van der Waals surface area contributed by atoms with Gasteiger partial charge in [0.15, 0.2) is 6.10 Å². The highest BCUT2D eigenvalue weighted by Gasteiger charge is 2.18. The molecule has 7 heteroatoms. The summed E-state index contributed by atoms with van der Waals surface area (Å²) in [6.45, 7) is 3.98. The molecule has 0 saturated heterocycles. The van der Waals surface area contributed by atoms with Gasteiger partial charge in [-0.15, -0.1) is 0 Å². The van der Waals surface area contributed by atoms with Crippen molar-refractivity contribution >= 4 is 46.4 Å². The highest BCUT2D eigenvalue weighted by atomic mass is 35.5. The van der Waals surface area contributed by atoms with Crippen LogP contribution in [0.3, 0.4) is 0 Å². The number of hydrogen-bond donors (Lipinski definition) is 1. The topological polar surface area (TPSA) is 47.6 Å². The summed E-state index contributed by atoms with van der Waals surface area (Å²) in [5.74, 6) is 0.532. The first-order chi connectivity index (χ1) is 11.4. The molecule has 4 nitrogen and oxygen atoms in total. The first-order valence-corrected chi connectivity index (χ1v) is 8.39. The molecule has 1 N–H and O–H groups in total. The van der Waals surface area contributed by atoms with E-state index in [1.54, 1.807) is 25.1 Å². The molecule has 0 aliphatic rings. The lowest BCUT2D eigenvalue weighted by Gasteiger charge is -2.17. The molecular formula is C17H16Cl3NO3. The maximum atomic E-state index is 12.3. The van der Waals surface area contributed by atoms with E-state index < -0.39 is 6.10 Å². The molecule has 0 radical (unpaired) electrons. The van der Waals surface area contributed by atoms with Gasteiger partial charge >= 0.3 is 0 Å². The van der Waals surface area contributed by atoms with Gasteiger partial charge in [0.1, 0.15) is 11.5 Å². The van der Waals surface area contributed by atoms with E-state index in [-0.39, 0.29) is 16.7 Å². The predicted molar refractivity (Wildman–Crippen MR) is 97.8 cm³/mol. The van der Waals surface area contributed by atoms with Crippen LogP contribution in [-0.4, -0.2) is 18.6 Å². The SMILES string of the molecule is CCOc1ccccc1NC(=O)C(C)Oc1cc(Cl)c(Cl)cc1Cl. The molecule has 0 aliphatic carbocycles. The Kier molecular flexibility index (Phi) is 6.60. The lowest BCUT2D eigenvalue weighted by atomic mass is 10.2. The van der Waals surface area contributed by atoms with Gasteiger partial charge in [0.2, 0.25) is 0 Å². The van der Waals surface area contributed by atoms with Crippen LogP contribution < -0.4 is 14.8 Å². The summed E-state index contributed by atoms with van der Waals surface area (Å²) in [5.41, 5.74) is 0.569. The lowest BCUT2D eigenvalue weighted by molar-refractivity contribution is -0.122. The van der Waals surface area contributed by atoms with Crippen molar-refractivity contribution in [3.63, 3.8) is 0 Å². The Morgan fingerprint density at radius 1 is 1.08 bits per heavy atom. The summed E-state index contributed by atoms with van der Waals surface area (Å²) in [5, 5.41) is 3.66. The molecule has 1 amide bonds. The third kappa shape index (κ3) is 4.69. The zero-order valence-corrected chi connectivity index (χ0v) is 15.4. The summed E-state index contributed by atoms with van der Waals surface area (Å²) in [4.78, 5) is 12.3. The van der Waals surface area contributed by atoms with Crippen LogP contribution in [-0.2, 0) is 4.79 Å². The second-order valence-electron chi connectivity index (χ2n) is 4.88. The molecule has 2 aromatic carbocycles. The number of amides is 1. The van der Waals surface area contributed by atoms with Crippen molar-refractivity contribution in [2.75, 3.05) is 11.9 Å². The van der Waals surface area contributed by atoms with Gasteiger partial charge in [-0.05, 0) is 32.0 Å². The minimum atomic E-state index is -0.797. The second-order valence-corrected chi connectivity index (χ2v) is 6.10. The number of benzene rings is 2. The van der Waals surface area contributed by atoms with E-state index in [1.807, 2.05) is 13.0 Å². The van der Waals surface area contributed by atoms with Crippen LogP contribution in [0.2, 0.25) is 15.1 Å². The molecule has 1 unspecified atom stereocenters. The molecule has 0 spiro atoms. The summed E-state index contributed by atoms with van der Waals surface area (Å²) in [7, 11) is 0. The first kappa shape index (κ1) is 18.7. The van der Waals surface area contributed by atoms with Crippen molar-refractivity contribution < 1.29 is 14.3 Å². The molecule has 2 rings (SSSR count). The minimum Gasteiger partial charge on any atom is -0.492 e. The number of carbonyl (C=O) groups is 1. The van der Waals surface area contributed by atoms with Crippen LogP contribution in [0, 0.1) is 0 Å². The van der Waals surface area contributed by atoms with Gasteiger partial charge in [-0.25, -0.2) is 0 Å². The average molecular weight is 389 g/mol. The monoisotopic (exact) mass is 387 g/mol. The standard InChI is InChI=1S/C17H16Cl3NO3/c1-3-23-15-7-5-4-6-14(15)21-17(22)10(2)24-16-9-12(19)11(18)8-13(16)20/h4-10H,3H2,1-2H3,(H,21,22). The molecule has 0 bridgehead atoms. The number of anilines is 1. The van der Waals surface area contributed by atoms with Gasteiger partial charge in [-0.1, -0.05) is 46.9 Å². The summed E-state index contributed by atoms with van der Waals surface area (Å²) >= 11 is 17.9. The number of hydrogen-bond acceptors (Lipinski definition) is 3. The van der Waals surface area contributed by atoms with Crippen LogP contribution in [0.15, 0.2) is 36.4 Å². The molecule has 0 heterocycles. The van der Waals surface area contributed by atoms with E-state index in [0.717, 1.165) is 0 Å². The Balaban J connectivity index is 2.09. The highest BCUT2D eigenvalue weighted by molar-refractivity contribution is 6.43. The Labute approximate surface area is 155 Å². The summed E-state index contributed by atoms with van der Waals surface area (Å²) in [6.07, 6.45) is -0.797. The molecule has 128 valence electrons. The lowest BCUT2D eigenvalue weighted by Crippen LogP contribution is -2.30. The maximum absolute atomic E-state index is 12.3. The van der Waals surface area contributed by atoms with Crippen molar-refractivity contribution in [2.45, 2.75) is 20.0 Å². The van der Waals surface area contributed by atoms with E-state index in [0.29, 0.717) is 28.1 Å². The van der Waals surface area contributed by atoms with Crippen molar-refractivity contribution in [2.24, 2.45) is 0 Å². The Morgan fingerprint density at radius 3 is 2.46 bits per heavy atom. The fourth-order valence-electron chi connectivity index (χ4n) is 1.92. The van der Waals surface area contributed by atoms with E-state index in [1.165, 1.54) is 12.1 Å². The van der Waals surface area contributed by atoms with Gasteiger partial charge in [-0.2, -0.15) is 0 Å². The van der Waals surface area contributed by atoms with Crippen LogP contribution in [0.1, 0.15) is 13.8 Å². The normalized spacial score (nSPS) is 11.7. The fraction of sp³-hybridized carbons (Fsp3) is 0.235. The molecule has 24 heavy (non-hydrogen) atoms. The Hall–Kier alpha value is -1.62. The third-order valence-corrected chi connectivity index (χ3v) is 4.11. The van der Waals surface area contributed by atoms with Gasteiger partial charge < -0.3 is 14.8 Å². The van der Waals surface area contributed by atoms with E-state index in [4.69, 9.17) is 44.3 Å². The molecule has 0 fully saturated rings. The van der Waals surface area contributed by atoms with E-state index in [2.05, 4.69) is 5.32 Å². The van der Waals surface area contributed by atoms with Crippen molar-refractivity contribution in [1.82, 2.24) is 0 Å². The van der Waals surface area contributed by atoms with Crippen molar-refractivity contribution in [3.05, 3.63) is 51.5 Å². The Morgan fingerprint density at radius 2 is 1.75 bits per heavy atom. The number of rotatable bonds is 6. The first-order valence-electron chi connectivity index (χ1n) is 7.26. The molecule has 0 aliphatic heterocycles. The number of ether oxygens (including phenoxy) is 2. The van der Waals surface area contributed by atoms with E-state index in [9.17, 15) is 4.79 Å². The molecular weight excluding hydrogens is 373 g/mol. The van der Waals surface area contributed by atoms with Crippen molar-refractivity contribution in [3.8, 4) is 11.5 Å². The quantitative estimate of drug-likeness (QED) is 0.669. The average Bonchev–Trinajstić information content (AvgIpc) is 2.54. The Bertz CT molecular complexity index is 737. The summed E-state index contributed by atoms with van der Waals surface area (Å²) in [6, 6.07) is 10.1. The van der Waals surface area contributed by atoms with Gasteiger partial charge in [0, 0.05) is 6.07 Å². The summed E-state index contributed by atoms with van der Waals surface area (Å²) < 4.78 is 11.1. The largest absolute Gasteiger partial charge is 0.492 e. The molecule has 0 saturated carbocycles. The van der Waals surface area contributed by atoms with E-state index >= 15 is 0 Å². The highest BCUT2D eigenvalue weighted by Crippen LogP contribution is 2.34. The predicted octanol–water partition coefficient (Wildman–Crippen LogP) is 5.45. The number of para-hydroxylation sites is 2. The number of carbonyl (C=O) groups excluding carboxylic acids is 1. The fourth-order valence-corrected chi connectivity index (χ4v) is 2.51. The zero-order valence-electron chi connectivity index (χ0n) is 13.1. The number of halogens is 3. The smallest absolute Gasteiger partial charge is 0.265 e. The van der Waals surface area contributed by atoms with Gasteiger partial charge in [0.25, 0.3) is 5.91 Å². The molecule has 1 atom stereocenters. The maximum Gasteiger partial charge on any atom is 0.265 e. The van der Waals surface area contributed by atoms with Crippen LogP contribution >= 0.6 is 34.8 Å². The van der Waals surface area contributed by atoms with Crippen LogP contribution in [0.25, 0.3) is 0 Å². The molecule has 0 aromatic heterocycles. The molecule has 2 aromatic rings.